The molecule has 1 amide bonds. The summed E-state index contributed by atoms with van der Waals surface area (Å²) in [6.07, 6.45) is 1.04. The van der Waals surface area contributed by atoms with Crippen LogP contribution in [0.3, 0.4) is 0 Å². The van der Waals surface area contributed by atoms with Crippen molar-refractivity contribution < 1.29 is 9.53 Å². The van der Waals surface area contributed by atoms with Crippen LogP contribution >= 0.6 is 12.4 Å². The van der Waals surface area contributed by atoms with Crippen LogP contribution in [-0.4, -0.2) is 44.1 Å². The maximum Gasteiger partial charge on any atom is 0.234 e. The number of carbonyl (C=O) groups excluding carboxylic acids is 1. The van der Waals surface area contributed by atoms with E-state index in [-0.39, 0.29) is 24.4 Å². The highest BCUT2D eigenvalue weighted by atomic mass is 35.5. The fraction of sp³-hybridized carbons (Fsp3) is 0.435. The Balaban J connectivity index is 0.00000300. The first-order chi connectivity index (χ1) is 13.7. The van der Waals surface area contributed by atoms with E-state index in [4.69, 9.17) is 4.74 Å². The summed E-state index contributed by atoms with van der Waals surface area (Å²) in [5, 5.41) is 6.52. The molecular formula is C23H32ClN3O2. The molecule has 1 saturated heterocycles. The number of halogens is 1. The van der Waals surface area contributed by atoms with Gasteiger partial charge in [0, 0.05) is 39.3 Å². The molecule has 0 aromatic heterocycles. The Hall–Kier alpha value is -1.92. The number of aryl methyl sites for hydroxylation is 1. The number of nitrogens with zero attached hydrogens (tertiary/aromatic N) is 1. The molecule has 1 heterocycles. The number of piperazine rings is 1. The number of nitrogens with one attached hydrogen (secondary N) is 2. The summed E-state index contributed by atoms with van der Waals surface area (Å²) in [6.45, 7) is 6.36. The predicted octanol–water partition coefficient (Wildman–Crippen LogP) is 3.08. The largest absolute Gasteiger partial charge is 0.380 e. The molecule has 1 aliphatic heterocycles. The quantitative estimate of drug-likeness (QED) is 0.693. The molecule has 0 aliphatic carbocycles. The number of carbonyl (C=O) groups is 1. The summed E-state index contributed by atoms with van der Waals surface area (Å²) < 4.78 is 5.18. The molecule has 0 bridgehead atoms. The molecule has 0 spiro atoms. The van der Waals surface area contributed by atoms with E-state index in [2.05, 4.69) is 52.8 Å². The lowest BCUT2D eigenvalue weighted by Crippen LogP contribution is -2.49. The lowest BCUT2D eigenvalue weighted by atomic mass is 10.0. The number of methoxy groups -OCH3 is 1. The molecule has 5 nitrogen and oxygen atoms in total. The molecule has 0 saturated carbocycles. The zero-order valence-corrected chi connectivity index (χ0v) is 18.1. The second kappa shape index (κ2) is 11.9. The van der Waals surface area contributed by atoms with Crippen LogP contribution < -0.4 is 10.6 Å². The van der Waals surface area contributed by atoms with Gasteiger partial charge in [-0.2, -0.15) is 0 Å². The number of benzene rings is 2. The standard InChI is InChI=1S/C23H31N3O2.ClH/c1-3-18-7-9-21(10-8-18)22-15-24-11-12-26(22)16-23(27)25-14-19-5-4-6-20(13-19)17-28-2;/h4-10,13,22,24H,3,11-12,14-17H2,1-2H3,(H,25,27);1H. The van der Waals surface area contributed by atoms with Crippen LogP contribution in [0.2, 0.25) is 0 Å². The molecule has 2 N–H and O–H groups in total. The van der Waals surface area contributed by atoms with Crippen molar-refractivity contribution in [1.29, 1.82) is 0 Å². The van der Waals surface area contributed by atoms with E-state index in [0.29, 0.717) is 19.7 Å². The molecule has 1 atom stereocenters. The maximum absolute atomic E-state index is 12.6. The van der Waals surface area contributed by atoms with Crippen molar-refractivity contribution in [2.75, 3.05) is 33.3 Å². The molecule has 1 fully saturated rings. The first-order valence-corrected chi connectivity index (χ1v) is 10.1. The van der Waals surface area contributed by atoms with Crippen LogP contribution in [0.5, 0.6) is 0 Å². The Kier molecular flexibility index (Phi) is 9.61. The van der Waals surface area contributed by atoms with Gasteiger partial charge in [0.2, 0.25) is 5.91 Å². The SMILES string of the molecule is CCc1ccc(C2CNCCN2CC(=O)NCc2cccc(COC)c2)cc1.Cl. The van der Waals surface area contributed by atoms with E-state index in [1.807, 2.05) is 18.2 Å². The number of hydrogen-bond donors (Lipinski definition) is 2. The predicted molar refractivity (Wildman–Crippen MR) is 119 cm³/mol. The molecule has 3 rings (SSSR count). The second-order valence-electron chi connectivity index (χ2n) is 7.32. The van der Waals surface area contributed by atoms with E-state index in [1.54, 1.807) is 7.11 Å². The first-order valence-electron chi connectivity index (χ1n) is 10.1. The Morgan fingerprint density at radius 2 is 1.93 bits per heavy atom. The first kappa shape index (κ1) is 23.4. The topological polar surface area (TPSA) is 53.6 Å². The van der Waals surface area contributed by atoms with E-state index in [9.17, 15) is 4.79 Å². The zero-order chi connectivity index (χ0) is 19.8. The second-order valence-corrected chi connectivity index (χ2v) is 7.32. The van der Waals surface area contributed by atoms with Gasteiger partial charge >= 0.3 is 0 Å². The van der Waals surface area contributed by atoms with Crippen LogP contribution in [0.15, 0.2) is 48.5 Å². The summed E-state index contributed by atoms with van der Waals surface area (Å²) in [5.74, 6) is 0.0641. The minimum atomic E-state index is 0. The third-order valence-corrected chi connectivity index (χ3v) is 5.27. The Bertz CT molecular complexity index is 767. The third-order valence-electron chi connectivity index (χ3n) is 5.27. The van der Waals surface area contributed by atoms with Gasteiger partial charge in [0.25, 0.3) is 0 Å². The van der Waals surface area contributed by atoms with Gasteiger partial charge in [-0.15, -0.1) is 12.4 Å². The Morgan fingerprint density at radius 3 is 2.66 bits per heavy atom. The van der Waals surface area contributed by atoms with Crippen LogP contribution in [0.4, 0.5) is 0 Å². The van der Waals surface area contributed by atoms with Crippen molar-refractivity contribution in [3.63, 3.8) is 0 Å². The highest BCUT2D eigenvalue weighted by Gasteiger charge is 2.25. The number of ether oxygens (including phenoxy) is 1. The number of hydrogen-bond acceptors (Lipinski definition) is 4. The summed E-state index contributed by atoms with van der Waals surface area (Å²) in [5.41, 5.74) is 4.82. The Labute approximate surface area is 180 Å². The van der Waals surface area contributed by atoms with Crippen LogP contribution in [0.25, 0.3) is 0 Å². The van der Waals surface area contributed by atoms with Gasteiger partial charge in [0.15, 0.2) is 0 Å². The van der Waals surface area contributed by atoms with Crippen molar-refractivity contribution in [1.82, 2.24) is 15.5 Å². The number of rotatable bonds is 8. The average molecular weight is 418 g/mol. The van der Waals surface area contributed by atoms with Gasteiger partial charge in [-0.05, 0) is 28.7 Å². The Morgan fingerprint density at radius 1 is 1.17 bits per heavy atom. The highest BCUT2D eigenvalue weighted by molar-refractivity contribution is 5.85. The van der Waals surface area contributed by atoms with E-state index in [1.165, 1.54) is 11.1 Å². The third kappa shape index (κ3) is 6.82. The average Bonchev–Trinajstić information content (AvgIpc) is 2.73. The van der Waals surface area contributed by atoms with Crippen molar-refractivity contribution in [3.05, 3.63) is 70.8 Å². The zero-order valence-electron chi connectivity index (χ0n) is 17.3. The monoisotopic (exact) mass is 417 g/mol. The van der Waals surface area contributed by atoms with Gasteiger partial charge in [0.05, 0.1) is 13.2 Å². The van der Waals surface area contributed by atoms with Gasteiger partial charge < -0.3 is 15.4 Å². The van der Waals surface area contributed by atoms with E-state index in [0.717, 1.165) is 37.2 Å². The minimum absolute atomic E-state index is 0. The molecular weight excluding hydrogens is 386 g/mol. The fourth-order valence-corrected chi connectivity index (χ4v) is 3.68. The molecule has 1 aliphatic rings. The normalized spacial score (nSPS) is 16.8. The lowest BCUT2D eigenvalue weighted by Gasteiger charge is -2.36. The van der Waals surface area contributed by atoms with Crippen LogP contribution in [0.1, 0.15) is 35.2 Å². The highest BCUT2D eigenvalue weighted by Crippen LogP contribution is 2.22. The van der Waals surface area contributed by atoms with Crippen molar-refractivity contribution in [3.8, 4) is 0 Å². The number of amides is 1. The van der Waals surface area contributed by atoms with Crippen LogP contribution in [-0.2, 0) is 29.1 Å². The van der Waals surface area contributed by atoms with E-state index < -0.39 is 0 Å². The smallest absolute Gasteiger partial charge is 0.234 e. The van der Waals surface area contributed by atoms with Gasteiger partial charge in [-0.1, -0.05) is 55.5 Å². The summed E-state index contributed by atoms with van der Waals surface area (Å²) in [4.78, 5) is 14.8. The summed E-state index contributed by atoms with van der Waals surface area (Å²) in [6, 6.07) is 17.1. The van der Waals surface area contributed by atoms with Crippen molar-refractivity contribution in [2.24, 2.45) is 0 Å². The minimum Gasteiger partial charge on any atom is -0.380 e. The molecule has 2 aromatic rings. The van der Waals surface area contributed by atoms with Crippen molar-refractivity contribution >= 4 is 18.3 Å². The summed E-state index contributed by atoms with van der Waals surface area (Å²) in [7, 11) is 1.69. The van der Waals surface area contributed by atoms with Crippen LogP contribution in [0, 0.1) is 0 Å². The molecule has 158 valence electrons. The molecule has 29 heavy (non-hydrogen) atoms. The van der Waals surface area contributed by atoms with Gasteiger partial charge in [-0.3, -0.25) is 9.69 Å². The van der Waals surface area contributed by atoms with Crippen molar-refractivity contribution in [2.45, 2.75) is 32.5 Å². The van der Waals surface area contributed by atoms with E-state index >= 15 is 0 Å². The summed E-state index contributed by atoms with van der Waals surface area (Å²) >= 11 is 0. The fourth-order valence-electron chi connectivity index (χ4n) is 3.68. The molecule has 0 radical (unpaired) electrons. The van der Waals surface area contributed by atoms with Gasteiger partial charge in [-0.25, -0.2) is 0 Å². The molecule has 6 heteroatoms. The lowest BCUT2D eigenvalue weighted by molar-refractivity contribution is -0.123. The molecule has 1 unspecified atom stereocenters. The van der Waals surface area contributed by atoms with Gasteiger partial charge in [0.1, 0.15) is 0 Å². The molecule has 2 aromatic carbocycles. The maximum atomic E-state index is 12.6.